The van der Waals surface area contributed by atoms with Gasteiger partial charge >= 0.3 is 6.18 Å². The number of hydrogen-bond acceptors (Lipinski definition) is 5. The van der Waals surface area contributed by atoms with E-state index in [-0.39, 0.29) is 23.0 Å². The first-order valence-electron chi connectivity index (χ1n) is 10.2. The van der Waals surface area contributed by atoms with Crippen molar-refractivity contribution in [3.8, 4) is 11.4 Å². The number of ether oxygens (including phenoxy) is 1. The smallest absolute Gasteiger partial charge is 0.416 e. The number of methoxy groups -OCH3 is 1. The largest absolute Gasteiger partial charge is 0.493 e. The van der Waals surface area contributed by atoms with Crippen LogP contribution in [0.15, 0.2) is 48.0 Å². The highest BCUT2D eigenvalue weighted by molar-refractivity contribution is 7.09. The van der Waals surface area contributed by atoms with Crippen molar-refractivity contribution in [3.63, 3.8) is 0 Å². The van der Waals surface area contributed by atoms with Gasteiger partial charge in [0.05, 0.1) is 24.6 Å². The fraction of sp³-hybridized carbons (Fsp3) is 0.364. The molecular formula is C22H23F3N4O2S. The number of carbonyl (C=O) groups excluding carboxylic acids is 1. The van der Waals surface area contributed by atoms with Crippen molar-refractivity contribution in [2.24, 2.45) is 0 Å². The topological polar surface area (TPSA) is 50.6 Å². The number of benzene rings is 1. The van der Waals surface area contributed by atoms with E-state index in [1.165, 1.54) is 35.0 Å². The van der Waals surface area contributed by atoms with E-state index in [0.29, 0.717) is 13.1 Å². The molecular weight excluding hydrogens is 441 g/mol. The third-order valence-electron chi connectivity index (χ3n) is 5.46. The molecule has 1 aliphatic rings. The number of nitrogens with zero attached hydrogens (tertiary/aromatic N) is 4. The lowest BCUT2D eigenvalue weighted by Gasteiger charge is -2.34. The number of halogens is 3. The SMILES string of the molecule is COc1cn(-c2cccc(C(F)(F)F)c2)nc1C(=O)N1CCN(CCc2cccs2)CC1. The fourth-order valence-electron chi connectivity index (χ4n) is 3.66. The molecule has 0 saturated carbocycles. The highest BCUT2D eigenvalue weighted by Gasteiger charge is 2.31. The molecule has 2 aromatic heterocycles. The summed E-state index contributed by atoms with van der Waals surface area (Å²) < 4.78 is 45.7. The van der Waals surface area contributed by atoms with E-state index in [9.17, 15) is 18.0 Å². The Labute approximate surface area is 187 Å². The number of thiophene rings is 1. The maximum Gasteiger partial charge on any atom is 0.416 e. The summed E-state index contributed by atoms with van der Waals surface area (Å²) in [5.74, 6) is -0.0574. The number of carbonyl (C=O) groups is 1. The van der Waals surface area contributed by atoms with Crippen LogP contribution in [0.4, 0.5) is 13.2 Å². The second-order valence-electron chi connectivity index (χ2n) is 7.50. The molecule has 0 bridgehead atoms. The zero-order valence-electron chi connectivity index (χ0n) is 17.5. The Morgan fingerprint density at radius 1 is 1.16 bits per heavy atom. The molecule has 0 atom stereocenters. The van der Waals surface area contributed by atoms with Gasteiger partial charge in [-0.3, -0.25) is 9.69 Å². The van der Waals surface area contributed by atoms with Crippen LogP contribution in [0.1, 0.15) is 20.9 Å². The lowest BCUT2D eigenvalue weighted by Crippen LogP contribution is -2.49. The normalized spacial score (nSPS) is 15.2. The lowest BCUT2D eigenvalue weighted by atomic mass is 10.2. The molecule has 170 valence electrons. The van der Waals surface area contributed by atoms with Crippen LogP contribution in [0, 0.1) is 0 Å². The highest BCUT2D eigenvalue weighted by atomic mass is 32.1. The Balaban J connectivity index is 1.44. The van der Waals surface area contributed by atoms with Crippen LogP contribution in [-0.2, 0) is 12.6 Å². The number of rotatable bonds is 6. The first kappa shape index (κ1) is 22.3. The van der Waals surface area contributed by atoms with Crippen LogP contribution in [0.5, 0.6) is 5.75 Å². The average Bonchev–Trinajstić information content (AvgIpc) is 3.47. The van der Waals surface area contributed by atoms with Crippen LogP contribution in [-0.4, -0.2) is 65.3 Å². The van der Waals surface area contributed by atoms with Crippen LogP contribution < -0.4 is 4.74 Å². The standard InChI is InChI=1S/C22H23F3N4O2S/c1-31-19-15-29(17-5-2-4-16(14-17)22(23,24)25)26-20(19)21(30)28-11-9-27(10-12-28)8-7-18-6-3-13-32-18/h2-6,13-15H,7-12H2,1H3. The molecule has 1 aliphatic heterocycles. The van der Waals surface area contributed by atoms with Gasteiger partial charge in [-0.1, -0.05) is 12.1 Å². The van der Waals surface area contributed by atoms with Gasteiger partial charge in [-0.15, -0.1) is 11.3 Å². The Kier molecular flexibility index (Phi) is 6.52. The molecule has 1 saturated heterocycles. The molecule has 6 nitrogen and oxygen atoms in total. The van der Waals surface area contributed by atoms with Gasteiger partial charge in [0, 0.05) is 37.6 Å². The Morgan fingerprint density at radius 3 is 2.59 bits per heavy atom. The molecule has 1 amide bonds. The van der Waals surface area contributed by atoms with Crippen molar-refractivity contribution in [2.75, 3.05) is 39.8 Å². The van der Waals surface area contributed by atoms with Gasteiger partial charge in [-0.25, -0.2) is 4.68 Å². The van der Waals surface area contributed by atoms with Crippen molar-refractivity contribution in [1.29, 1.82) is 0 Å². The number of aromatic nitrogens is 2. The van der Waals surface area contributed by atoms with Crippen molar-refractivity contribution in [2.45, 2.75) is 12.6 Å². The number of piperazine rings is 1. The predicted molar refractivity (Wildman–Crippen MR) is 115 cm³/mol. The molecule has 0 spiro atoms. The van der Waals surface area contributed by atoms with Gasteiger partial charge in [0.25, 0.3) is 5.91 Å². The second kappa shape index (κ2) is 9.33. The van der Waals surface area contributed by atoms with E-state index in [1.807, 2.05) is 6.07 Å². The monoisotopic (exact) mass is 464 g/mol. The summed E-state index contributed by atoms with van der Waals surface area (Å²) in [5.41, 5.74) is -0.483. The van der Waals surface area contributed by atoms with E-state index < -0.39 is 11.7 Å². The first-order chi connectivity index (χ1) is 15.3. The molecule has 3 aromatic rings. The molecule has 0 unspecified atom stereocenters. The Bertz CT molecular complexity index is 1060. The minimum absolute atomic E-state index is 0.0944. The maximum absolute atomic E-state index is 13.1. The second-order valence-corrected chi connectivity index (χ2v) is 8.53. The molecule has 3 heterocycles. The zero-order valence-corrected chi connectivity index (χ0v) is 18.3. The zero-order chi connectivity index (χ0) is 22.7. The van der Waals surface area contributed by atoms with Crippen molar-refractivity contribution in [1.82, 2.24) is 19.6 Å². The summed E-state index contributed by atoms with van der Waals surface area (Å²) in [7, 11) is 1.41. The quantitative estimate of drug-likeness (QED) is 0.554. The Morgan fingerprint density at radius 2 is 1.94 bits per heavy atom. The Hall–Kier alpha value is -2.85. The van der Waals surface area contributed by atoms with Gasteiger partial charge in [-0.05, 0) is 36.1 Å². The molecule has 0 N–H and O–H groups in total. The van der Waals surface area contributed by atoms with Crippen LogP contribution in [0.2, 0.25) is 0 Å². The van der Waals surface area contributed by atoms with Gasteiger partial charge in [-0.2, -0.15) is 18.3 Å². The van der Waals surface area contributed by atoms with E-state index in [4.69, 9.17) is 4.74 Å². The van der Waals surface area contributed by atoms with E-state index in [1.54, 1.807) is 16.2 Å². The third-order valence-corrected chi connectivity index (χ3v) is 6.39. The molecule has 1 aromatic carbocycles. The van der Waals surface area contributed by atoms with E-state index in [2.05, 4.69) is 21.4 Å². The molecule has 0 radical (unpaired) electrons. The maximum atomic E-state index is 13.1. The van der Waals surface area contributed by atoms with Crippen molar-refractivity contribution >= 4 is 17.2 Å². The van der Waals surface area contributed by atoms with Gasteiger partial charge < -0.3 is 9.64 Å². The molecule has 32 heavy (non-hydrogen) atoms. The van der Waals surface area contributed by atoms with Crippen LogP contribution in [0.3, 0.4) is 0 Å². The van der Waals surface area contributed by atoms with Gasteiger partial charge in [0.2, 0.25) is 0 Å². The average molecular weight is 465 g/mol. The van der Waals surface area contributed by atoms with Crippen LogP contribution in [0.25, 0.3) is 5.69 Å². The van der Waals surface area contributed by atoms with Crippen molar-refractivity contribution < 1.29 is 22.7 Å². The minimum atomic E-state index is -4.46. The predicted octanol–water partition coefficient (Wildman–Crippen LogP) is 3.96. The molecule has 4 rings (SSSR count). The number of amides is 1. The summed E-state index contributed by atoms with van der Waals surface area (Å²) >= 11 is 1.74. The molecule has 10 heteroatoms. The summed E-state index contributed by atoms with van der Waals surface area (Å²) in [6.07, 6.45) is -2.05. The minimum Gasteiger partial charge on any atom is -0.493 e. The van der Waals surface area contributed by atoms with Gasteiger partial charge in [0.1, 0.15) is 0 Å². The first-order valence-corrected chi connectivity index (χ1v) is 11.1. The summed E-state index contributed by atoms with van der Waals surface area (Å²) in [6.45, 7) is 3.57. The highest BCUT2D eigenvalue weighted by Crippen LogP contribution is 2.31. The number of hydrogen-bond donors (Lipinski definition) is 0. The summed E-state index contributed by atoms with van der Waals surface area (Å²) in [4.78, 5) is 18.4. The fourth-order valence-corrected chi connectivity index (χ4v) is 4.36. The lowest BCUT2D eigenvalue weighted by molar-refractivity contribution is -0.137. The number of alkyl halides is 3. The van der Waals surface area contributed by atoms with Crippen molar-refractivity contribution in [3.05, 3.63) is 64.1 Å². The summed E-state index contributed by atoms with van der Waals surface area (Å²) in [5, 5.41) is 6.33. The van der Waals surface area contributed by atoms with Gasteiger partial charge in [0.15, 0.2) is 11.4 Å². The van der Waals surface area contributed by atoms with E-state index in [0.717, 1.165) is 38.2 Å². The third kappa shape index (κ3) is 4.97. The molecule has 1 fully saturated rings. The van der Waals surface area contributed by atoms with Crippen LogP contribution >= 0.6 is 11.3 Å². The molecule has 0 aliphatic carbocycles. The van der Waals surface area contributed by atoms with E-state index >= 15 is 0 Å². The summed E-state index contributed by atoms with van der Waals surface area (Å²) in [6, 6.07) is 8.97.